The fourth-order valence-electron chi connectivity index (χ4n) is 1.92. The molecule has 1 nitrogen and oxygen atoms in total. The fraction of sp³-hybridized carbons (Fsp3) is 0.188. The molecule has 92 valence electrons. The third-order valence-corrected chi connectivity index (χ3v) is 3.58. The van der Waals surface area contributed by atoms with Crippen LogP contribution >= 0.6 is 15.9 Å². The summed E-state index contributed by atoms with van der Waals surface area (Å²) in [5, 5.41) is 0. The number of ketones is 1. The van der Waals surface area contributed by atoms with Crippen molar-refractivity contribution >= 4 is 21.7 Å². The zero-order valence-electron chi connectivity index (χ0n) is 10.3. The van der Waals surface area contributed by atoms with E-state index in [1.54, 1.807) is 0 Å². The van der Waals surface area contributed by atoms with Crippen molar-refractivity contribution in [3.8, 4) is 0 Å². The van der Waals surface area contributed by atoms with Gasteiger partial charge >= 0.3 is 0 Å². The number of benzene rings is 2. The van der Waals surface area contributed by atoms with Crippen molar-refractivity contribution in [2.45, 2.75) is 19.8 Å². The summed E-state index contributed by atoms with van der Waals surface area (Å²) >= 11 is 3.37. The molecule has 0 saturated heterocycles. The van der Waals surface area contributed by atoms with Crippen molar-refractivity contribution in [1.82, 2.24) is 0 Å². The molecule has 0 spiro atoms. The number of carbonyl (C=O) groups excluding carboxylic acids is 1. The minimum Gasteiger partial charge on any atom is -0.294 e. The summed E-state index contributed by atoms with van der Waals surface area (Å²) in [6, 6.07) is 15.8. The van der Waals surface area contributed by atoms with E-state index >= 15 is 0 Å². The molecule has 0 fully saturated rings. The number of carbonyl (C=O) groups is 1. The lowest BCUT2D eigenvalue weighted by Gasteiger charge is -2.05. The highest BCUT2D eigenvalue weighted by Gasteiger charge is 2.06. The van der Waals surface area contributed by atoms with Crippen LogP contribution in [0, 0.1) is 6.92 Å². The molecule has 2 rings (SSSR count). The molecule has 0 heterocycles. The van der Waals surface area contributed by atoms with E-state index in [1.165, 1.54) is 11.1 Å². The summed E-state index contributed by atoms with van der Waals surface area (Å²) in [7, 11) is 0. The molecule has 0 aromatic heterocycles. The largest absolute Gasteiger partial charge is 0.294 e. The van der Waals surface area contributed by atoms with Crippen LogP contribution in [0.1, 0.15) is 27.9 Å². The first kappa shape index (κ1) is 13.0. The SMILES string of the molecule is Cc1ccccc1CCC(=O)c1ccc(Br)cc1. The van der Waals surface area contributed by atoms with Gasteiger partial charge < -0.3 is 0 Å². The van der Waals surface area contributed by atoms with Gasteiger partial charge in [0.05, 0.1) is 0 Å². The van der Waals surface area contributed by atoms with Gasteiger partial charge in [-0.1, -0.05) is 52.3 Å². The lowest BCUT2D eigenvalue weighted by molar-refractivity contribution is 0.0983. The molecule has 0 aliphatic rings. The lowest BCUT2D eigenvalue weighted by Crippen LogP contribution is -2.01. The highest BCUT2D eigenvalue weighted by atomic mass is 79.9. The number of hydrogen-bond acceptors (Lipinski definition) is 1. The third-order valence-electron chi connectivity index (χ3n) is 3.05. The first-order chi connectivity index (χ1) is 8.66. The predicted octanol–water partition coefficient (Wildman–Crippen LogP) is 4.57. The van der Waals surface area contributed by atoms with Gasteiger partial charge in [-0.15, -0.1) is 0 Å². The molecule has 0 bridgehead atoms. The Kier molecular flexibility index (Phi) is 4.32. The number of halogens is 1. The maximum atomic E-state index is 12.0. The summed E-state index contributed by atoms with van der Waals surface area (Å²) in [4.78, 5) is 12.0. The molecule has 18 heavy (non-hydrogen) atoms. The van der Waals surface area contributed by atoms with Crippen LogP contribution < -0.4 is 0 Å². The number of hydrogen-bond donors (Lipinski definition) is 0. The van der Waals surface area contributed by atoms with Crippen LogP contribution in [-0.4, -0.2) is 5.78 Å². The van der Waals surface area contributed by atoms with E-state index in [4.69, 9.17) is 0 Å². The molecule has 0 unspecified atom stereocenters. The Morgan fingerprint density at radius 2 is 1.72 bits per heavy atom. The van der Waals surface area contributed by atoms with Gasteiger partial charge in [-0.25, -0.2) is 0 Å². The molecule has 0 aliphatic heterocycles. The van der Waals surface area contributed by atoms with Gasteiger partial charge in [0.1, 0.15) is 0 Å². The van der Waals surface area contributed by atoms with Crippen LogP contribution in [0.3, 0.4) is 0 Å². The summed E-state index contributed by atoms with van der Waals surface area (Å²) in [5.74, 6) is 0.200. The van der Waals surface area contributed by atoms with Crippen LogP contribution in [0.25, 0.3) is 0 Å². The Bertz CT molecular complexity index is 543. The zero-order chi connectivity index (χ0) is 13.0. The molecule has 2 aromatic rings. The van der Waals surface area contributed by atoms with E-state index in [2.05, 4.69) is 35.0 Å². The molecule has 0 N–H and O–H groups in total. The van der Waals surface area contributed by atoms with Gasteiger partial charge in [0.2, 0.25) is 0 Å². The highest BCUT2D eigenvalue weighted by molar-refractivity contribution is 9.10. The van der Waals surface area contributed by atoms with Crippen LogP contribution in [0.2, 0.25) is 0 Å². The second-order valence-electron chi connectivity index (χ2n) is 4.36. The molecule has 0 atom stereocenters. The number of Topliss-reactive ketones (excluding diaryl/α,β-unsaturated/α-hetero) is 1. The van der Waals surface area contributed by atoms with E-state index in [0.717, 1.165) is 16.5 Å². The Labute approximate surface area is 116 Å². The van der Waals surface area contributed by atoms with Gasteiger partial charge in [0.15, 0.2) is 5.78 Å². The molecule has 2 heteroatoms. The van der Waals surface area contributed by atoms with Gasteiger partial charge in [0.25, 0.3) is 0 Å². The highest BCUT2D eigenvalue weighted by Crippen LogP contribution is 2.14. The Morgan fingerprint density at radius 1 is 1.06 bits per heavy atom. The van der Waals surface area contributed by atoms with Crippen molar-refractivity contribution in [2.24, 2.45) is 0 Å². The molecular formula is C16H15BrO. The standard InChI is InChI=1S/C16H15BrO/c1-12-4-2-3-5-13(12)8-11-16(18)14-6-9-15(17)10-7-14/h2-7,9-10H,8,11H2,1H3. The number of rotatable bonds is 4. The Morgan fingerprint density at radius 3 is 2.39 bits per heavy atom. The fourth-order valence-corrected chi connectivity index (χ4v) is 2.18. The topological polar surface area (TPSA) is 17.1 Å². The van der Waals surface area contributed by atoms with E-state index in [0.29, 0.717) is 6.42 Å². The van der Waals surface area contributed by atoms with Crippen molar-refractivity contribution in [1.29, 1.82) is 0 Å². The summed E-state index contributed by atoms with van der Waals surface area (Å²) in [6.45, 7) is 2.08. The molecule has 2 aromatic carbocycles. The van der Waals surface area contributed by atoms with Crippen molar-refractivity contribution in [3.05, 3.63) is 69.7 Å². The quantitative estimate of drug-likeness (QED) is 0.756. The Hall–Kier alpha value is -1.41. The molecule has 0 aliphatic carbocycles. The monoisotopic (exact) mass is 302 g/mol. The normalized spacial score (nSPS) is 10.3. The van der Waals surface area contributed by atoms with Crippen molar-refractivity contribution in [2.75, 3.05) is 0 Å². The predicted molar refractivity (Wildman–Crippen MR) is 78.0 cm³/mol. The van der Waals surface area contributed by atoms with E-state index in [-0.39, 0.29) is 5.78 Å². The number of aryl methyl sites for hydroxylation is 2. The average molecular weight is 303 g/mol. The minimum atomic E-state index is 0.200. The van der Waals surface area contributed by atoms with Crippen LogP contribution in [-0.2, 0) is 6.42 Å². The lowest BCUT2D eigenvalue weighted by atomic mass is 10.00. The van der Waals surface area contributed by atoms with Crippen LogP contribution in [0.15, 0.2) is 53.0 Å². The van der Waals surface area contributed by atoms with Gasteiger partial charge in [0, 0.05) is 16.5 Å². The summed E-state index contributed by atoms with van der Waals surface area (Å²) in [5.41, 5.74) is 3.29. The van der Waals surface area contributed by atoms with Gasteiger partial charge in [-0.05, 0) is 36.6 Å². The van der Waals surface area contributed by atoms with E-state index in [1.807, 2.05) is 36.4 Å². The van der Waals surface area contributed by atoms with Gasteiger partial charge in [-0.2, -0.15) is 0 Å². The maximum Gasteiger partial charge on any atom is 0.163 e. The van der Waals surface area contributed by atoms with E-state index in [9.17, 15) is 4.79 Å². The van der Waals surface area contributed by atoms with Crippen LogP contribution in [0.5, 0.6) is 0 Å². The first-order valence-electron chi connectivity index (χ1n) is 6.00. The summed E-state index contributed by atoms with van der Waals surface area (Å²) < 4.78 is 0.998. The van der Waals surface area contributed by atoms with Crippen LogP contribution in [0.4, 0.5) is 0 Å². The smallest absolute Gasteiger partial charge is 0.163 e. The maximum absolute atomic E-state index is 12.0. The second-order valence-corrected chi connectivity index (χ2v) is 5.27. The molecular weight excluding hydrogens is 288 g/mol. The van der Waals surface area contributed by atoms with Crippen molar-refractivity contribution < 1.29 is 4.79 Å². The van der Waals surface area contributed by atoms with Gasteiger partial charge in [-0.3, -0.25) is 4.79 Å². The summed E-state index contributed by atoms with van der Waals surface area (Å²) in [6.07, 6.45) is 1.37. The van der Waals surface area contributed by atoms with E-state index < -0.39 is 0 Å². The second kappa shape index (κ2) is 5.96. The average Bonchev–Trinajstić information content (AvgIpc) is 2.38. The molecule has 0 radical (unpaired) electrons. The first-order valence-corrected chi connectivity index (χ1v) is 6.79. The van der Waals surface area contributed by atoms with Crippen molar-refractivity contribution in [3.63, 3.8) is 0 Å². The zero-order valence-corrected chi connectivity index (χ0v) is 11.9. The molecule has 0 amide bonds. The minimum absolute atomic E-state index is 0.200. The Balaban J connectivity index is 2.01. The molecule has 0 saturated carbocycles. The third kappa shape index (κ3) is 3.30.